The van der Waals surface area contributed by atoms with Crippen molar-refractivity contribution < 1.29 is 14.3 Å². The van der Waals surface area contributed by atoms with E-state index in [4.69, 9.17) is 4.74 Å². The Morgan fingerprint density at radius 2 is 1.86 bits per heavy atom. The average molecular weight is 298 g/mol. The van der Waals surface area contributed by atoms with Crippen LogP contribution < -0.4 is 0 Å². The van der Waals surface area contributed by atoms with Crippen LogP contribution in [0, 0.1) is 17.3 Å². The summed E-state index contributed by atoms with van der Waals surface area (Å²) in [6.45, 7) is 4.28. The van der Waals surface area contributed by atoms with Gasteiger partial charge in [-0.05, 0) is 41.7 Å². The van der Waals surface area contributed by atoms with Crippen LogP contribution in [-0.2, 0) is 20.7 Å². The number of ketones is 1. The molecule has 2 atom stereocenters. The molecular weight excluding hydrogens is 276 g/mol. The van der Waals surface area contributed by atoms with Crippen molar-refractivity contribution in [3.05, 3.63) is 47.0 Å². The maximum atomic E-state index is 12.6. The maximum Gasteiger partial charge on any atom is 0.341 e. The van der Waals surface area contributed by atoms with Crippen molar-refractivity contribution in [3.63, 3.8) is 0 Å². The molecular formula is C19H22O3. The quantitative estimate of drug-likeness (QED) is 0.632. The Morgan fingerprint density at radius 1 is 1.18 bits per heavy atom. The highest BCUT2D eigenvalue weighted by Gasteiger charge is 2.58. The van der Waals surface area contributed by atoms with E-state index in [2.05, 4.69) is 26.0 Å². The second kappa shape index (κ2) is 5.38. The lowest BCUT2D eigenvalue weighted by Crippen LogP contribution is -2.55. The highest BCUT2D eigenvalue weighted by Crippen LogP contribution is 2.60. The number of methoxy groups -OCH3 is 1. The normalized spacial score (nSPS) is 25.7. The van der Waals surface area contributed by atoms with E-state index in [1.807, 2.05) is 18.2 Å². The van der Waals surface area contributed by atoms with Crippen molar-refractivity contribution in [1.82, 2.24) is 0 Å². The molecule has 0 heterocycles. The fraction of sp³-hybridized carbons (Fsp3) is 0.474. The van der Waals surface area contributed by atoms with Gasteiger partial charge in [-0.2, -0.15) is 0 Å². The zero-order valence-electron chi connectivity index (χ0n) is 13.4. The van der Waals surface area contributed by atoms with Gasteiger partial charge in [-0.3, -0.25) is 4.79 Å². The number of benzene rings is 1. The van der Waals surface area contributed by atoms with E-state index in [0.717, 1.165) is 24.8 Å². The molecule has 4 rings (SSSR count). The van der Waals surface area contributed by atoms with Gasteiger partial charge in [0, 0.05) is 5.92 Å². The molecule has 1 fully saturated rings. The van der Waals surface area contributed by atoms with Gasteiger partial charge in [0.2, 0.25) is 0 Å². The fourth-order valence-corrected chi connectivity index (χ4v) is 4.03. The Kier molecular flexibility index (Phi) is 3.67. The third kappa shape index (κ3) is 2.20. The lowest BCUT2D eigenvalue weighted by Gasteiger charge is -2.56. The van der Waals surface area contributed by atoms with Crippen LogP contribution in [0.4, 0.5) is 0 Å². The van der Waals surface area contributed by atoms with E-state index in [1.165, 1.54) is 12.7 Å². The molecule has 0 aromatic heterocycles. The minimum absolute atomic E-state index is 0.0117. The topological polar surface area (TPSA) is 43.4 Å². The third-order valence-corrected chi connectivity index (χ3v) is 5.49. The molecule has 0 N–H and O–H groups in total. The van der Waals surface area contributed by atoms with Crippen LogP contribution in [-0.4, -0.2) is 18.9 Å². The smallest absolute Gasteiger partial charge is 0.341 e. The Hall–Kier alpha value is -1.90. The fourth-order valence-electron chi connectivity index (χ4n) is 4.03. The molecule has 1 aromatic carbocycles. The largest absolute Gasteiger partial charge is 0.465 e. The molecule has 3 heteroatoms. The zero-order valence-corrected chi connectivity index (χ0v) is 13.4. The first kappa shape index (κ1) is 15.0. The standard InChI is InChI=1S/C19H22O3/c1-19(2)14-11-15(19)17(20)16(18(21)22-3)13(14)10-9-12-7-5-4-6-8-12/h4-8,14-15H,9-11H2,1-3H3/t14-,15-/m1/s1. The molecule has 0 spiro atoms. The number of carbonyl (C=O) groups is 2. The first-order valence-electron chi connectivity index (χ1n) is 7.86. The summed E-state index contributed by atoms with van der Waals surface area (Å²) < 4.78 is 4.86. The first-order chi connectivity index (χ1) is 10.5. The molecule has 0 amide bonds. The van der Waals surface area contributed by atoms with Crippen molar-refractivity contribution in [1.29, 1.82) is 0 Å². The number of aryl methyl sites for hydroxylation is 1. The molecule has 22 heavy (non-hydrogen) atoms. The lowest BCUT2D eigenvalue weighted by molar-refractivity contribution is -0.145. The molecule has 3 aliphatic rings. The number of allylic oxidation sites excluding steroid dienone is 1. The van der Waals surface area contributed by atoms with Crippen molar-refractivity contribution in [2.75, 3.05) is 7.11 Å². The van der Waals surface area contributed by atoms with Crippen LogP contribution in [0.25, 0.3) is 0 Å². The number of Topliss-reactive ketones (excluding diaryl/α,β-unsaturated/α-hetero) is 1. The predicted octanol–water partition coefficient (Wildman–Crippen LogP) is 3.33. The van der Waals surface area contributed by atoms with Crippen LogP contribution in [0.1, 0.15) is 32.3 Å². The molecule has 2 bridgehead atoms. The van der Waals surface area contributed by atoms with Gasteiger partial charge in [0.15, 0.2) is 5.78 Å². The zero-order chi connectivity index (χ0) is 15.9. The third-order valence-electron chi connectivity index (χ3n) is 5.49. The Labute approximate surface area is 131 Å². The summed E-state index contributed by atoms with van der Waals surface area (Å²) in [7, 11) is 1.35. The number of rotatable bonds is 4. The number of ether oxygens (including phenoxy) is 1. The van der Waals surface area contributed by atoms with E-state index in [0.29, 0.717) is 11.5 Å². The summed E-state index contributed by atoms with van der Waals surface area (Å²) in [5.41, 5.74) is 2.54. The summed E-state index contributed by atoms with van der Waals surface area (Å²) in [6, 6.07) is 10.2. The predicted molar refractivity (Wildman–Crippen MR) is 84.2 cm³/mol. The van der Waals surface area contributed by atoms with Gasteiger partial charge in [-0.25, -0.2) is 4.79 Å². The minimum Gasteiger partial charge on any atom is -0.465 e. The van der Waals surface area contributed by atoms with Gasteiger partial charge in [0.1, 0.15) is 5.57 Å². The molecule has 3 nitrogen and oxygen atoms in total. The minimum atomic E-state index is -0.460. The van der Waals surface area contributed by atoms with Crippen LogP contribution >= 0.6 is 0 Å². The molecule has 0 unspecified atom stereocenters. The monoisotopic (exact) mass is 298 g/mol. The number of carbonyl (C=O) groups excluding carboxylic acids is 2. The van der Waals surface area contributed by atoms with Crippen molar-refractivity contribution in [3.8, 4) is 0 Å². The second-order valence-corrected chi connectivity index (χ2v) is 6.90. The van der Waals surface area contributed by atoms with Gasteiger partial charge in [0.25, 0.3) is 0 Å². The number of hydrogen-bond donors (Lipinski definition) is 0. The Bertz CT molecular complexity index is 640. The number of hydrogen-bond acceptors (Lipinski definition) is 3. The Morgan fingerprint density at radius 3 is 2.45 bits per heavy atom. The highest BCUT2D eigenvalue weighted by molar-refractivity contribution is 6.20. The summed E-state index contributed by atoms with van der Waals surface area (Å²) in [4.78, 5) is 24.7. The Balaban J connectivity index is 1.92. The van der Waals surface area contributed by atoms with Crippen molar-refractivity contribution in [2.24, 2.45) is 17.3 Å². The van der Waals surface area contributed by atoms with Crippen molar-refractivity contribution in [2.45, 2.75) is 33.1 Å². The summed E-state index contributed by atoms with van der Waals surface area (Å²) in [5.74, 6) is -0.166. The maximum absolute atomic E-state index is 12.6. The lowest BCUT2D eigenvalue weighted by atomic mass is 9.46. The molecule has 0 saturated heterocycles. The van der Waals surface area contributed by atoms with E-state index in [-0.39, 0.29) is 17.1 Å². The van der Waals surface area contributed by atoms with Gasteiger partial charge >= 0.3 is 5.97 Å². The molecule has 116 valence electrons. The summed E-state index contributed by atoms with van der Waals surface area (Å²) in [6.07, 6.45) is 2.48. The number of esters is 1. The molecule has 0 aliphatic heterocycles. The molecule has 3 aliphatic carbocycles. The average Bonchev–Trinajstić information content (AvgIpc) is 2.52. The van der Waals surface area contributed by atoms with Crippen LogP contribution in [0.15, 0.2) is 41.5 Å². The molecule has 1 aromatic rings. The van der Waals surface area contributed by atoms with Crippen molar-refractivity contribution >= 4 is 11.8 Å². The number of fused-ring (bicyclic) bond motifs is 1. The van der Waals surface area contributed by atoms with Gasteiger partial charge in [-0.15, -0.1) is 0 Å². The SMILES string of the molecule is COC(=O)C1=C(CCc2ccccc2)[C@H]2C[C@H](C1=O)C2(C)C. The highest BCUT2D eigenvalue weighted by atomic mass is 16.5. The molecule has 0 radical (unpaired) electrons. The summed E-state index contributed by atoms with van der Waals surface area (Å²) >= 11 is 0. The second-order valence-electron chi connectivity index (χ2n) is 6.90. The summed E-state index contributed by atoms with van der Waals surface area (Å²) in [5, 5.41) is 0. The van der Waals surface area contributed by atoms with Crippen LogP contribution in [0.5, 0.6) is 0 Å². The molecule has 1 saturated carbocycles. The van der Waals surface area contributed by atoms with Crippen LogP contribution in [0.3, 0.4) is 0 Å². The first-order valence-corrected chi connectivity index (χ1v) is 7.86. The van der Waals surface area contributed by atoms with E-state index in [1.54, 1.807) is 0 Å². The van der Waals surface area contributed by atoms with E-state index in [9.17, 15) is 9.59 Å². The van der Waals surface area contributed by atoms with Gasteiger partial charge in [-0.1, -0.05) is 44.2 Å². The van der Waals surface area contributed by atoms with Gasteiger partial charge < -0.3 is 4.74 Å². The van der Waals surface area contributed by atoms with E-state index < -0.39 is 5.97 Å². The van der Waals surface area contributed by atoms with Gasteiger partial charge in [0.05, 0.1) is 7.11 Å². The van der Waals surface area contributed by atoms with E-state index >= 15 is 0 Å². The van der Waals surface area contributed by atoms with Crippen LogP contribution in [0.2, 0.25) is 0 Å².